The van der Waals surface area contributed by atoms with Gasteiger partial charge in [0, 0.05) is 37.4 Å². The van der Waals surface area contributed by atoms with Crippen molar-refractivity contribution >= 4 is 23.9 Å². The second-order valence-electron chi connectivity index (χ2n) is 16.3. The van der Waals surface area contributed by atoms with Crippen molar-refractivity contribution < 1.29 is 38.1 Å². The van der Waals surface area contributed by atoms with E-state index >= 15 is 0 Å². The summed E-state index contributed by atoms with van der Waals surface area (Å²) in [6.45, 7) is 10.2. The molecule has 0 aromatic carbocycles. The van der Waals surface area contributed by atoms with Crippen LogP contribution in [0.2, 0.25) is 0 Å². The second-order valence-corrected chi connectivity index (χ2v) is 16.3. The summed E-state index contributed by atoms with van der Waals surface area (Å²) >= 11 is 0. The molecule has 0 amide bonds. The van der Waals surface area contributed by atoms with E-state index in [1.165, 1.54) is 0 Å². The summed E-state index contributed by atoms with van der Waals surface area (Å²) in [5, 5.41) is 0. The third kappa shape index (κ3) is 9.21. The lowest BCUT2D eigenvalue weighted by molar-refractivity contribution is -0.225. The molecule has 50 heavy (non-hydrogen) atoms. The monoisotopic (exact) mass is 705 g/mol. The standard InChI is InChI=1S/C39H67N3O8/c1-5-6-7-8-21-47-33(43)12-9-25(2)28-10-11-29-37-30(24-32(39(28,29)4)50-36(46)16-20-42)38(3)17-13-27(48-34(44)14-18-40)22-26(38)23-31(37)49-35(45)15-19-41/h25-32,37H,5-24,40-42H2,1-4H3/t25-,26+,27?,28-,29+,30+,31-,32+,37+,38+,39-/m1/s1. The molecule has 4 rings (SSSR count). The van der Waals surface area contributed by atoms with E-state index < -0.39 is 0 Å². The number of fused-ring (bicyclic) bond motifs is 5. The molecule has 11 atom stereocenters. The van der Waals surface area contributed by atoms with Gasteiger partial charge in [-0.15, -0.1) is 0 Å². The maximum absolute atomic E-state index is 13.2. The lowest BCUT2D eigenvalue weighted by Gasteiger charge is -2.64. The van der Waals surface area contributed by atoms with Gasteiger partial charge in [0.15, 0.2) is 0 Å². The number of hydrogen-bond donors (Lipinski definition) is 3. The Balaban J connectivity index is 1.61. The first-order valence-corrected chi connectivity index (χ1v) is 19.8. The first kappa shape index (κ1) is 40.5. The Morgan fingerprint density at radius 2 is 1.40 bits per heavy atom. The Bertz CT molecular complexity index is 1150. The number of unbranched alkanes of at least 4 members (excludes halogenated alkanes) is 3. The fraction of sp³-hybridized carbons (Fsp3) is 0.897. The molecule has 4 aliphatic rings. The summed E-state index contributed by atoms with van der Waals surface area (Å²) in [4.78, 5) is 51.4. The molecule has 0 heterocycles. The minimum atomic E-state index is -0.369. The lowest BCUT2D eigenvalue weighted by Crippen LogP contribution is -2.63. The van der Waals surface area contributed by atoms with E-state index in [9.17, 15) is 19.2 Å². The molecular formula is C39H67N3O8. The summed E-state index contributed by atoms with van der Waals surface area (Å²) in [7, 11) is 0. The van der Waals surface area contributed by atoms with Crippen LogP contribution in [0.3, 0.4) is 0 Å². The van der Waals surface area contributed by atoms with Gasteiger partial charge in [-0.1, -0.05) is 47.0 Å². The van der Waals surface area contributed by atoms with Crippen molar-refractivity contribution in [3.63, 3.8) is 0 Å². The summed E-state index contributed by atoms with van der Waals surface area (Å²) in [6, 6.07) is 0. The van der Waals surface area contributed by atoms with Crippen LogP contribution in [-0.4, -0.2) is 68.4 Å². The first-order valence-electron chi connectivity index (χ1n) is 19.8. The fourth-order valence-corrected chi connectivity index (χ4v) is 10.8. The van der Waals surface area contributed by atoms with Crippen LogP contribution in [0.4, 0.5) is 0 Å². The number of hydrogen-bond acceptors (Lipinski definition) is 11. The number of carbonyl (C=O) groups is 4. The maximum Gasteiger partial charge on any atom is 0.307 e. The van der Waals surface area contributed by atoms with Crippen LogP contribution in [0.25, 0.3) is 0 Å². The average Bonchev–Trinajstić information content (AvgIpc) is 3.43. The van der Waals surface area contributed by atoms with Crippen LogP contribution in [0.1, 0.15) is 130 Å². The molecule has 286 valence electrons. The Morgan fingerprint density at radius 1 is 0.740 bits per heavy atom. The molecule has 11 nitrogen and oxygen atoms in total. The van der Waals surface area contributed by atoms with Crippen molar-refractivity contribution in [1.82, 2.24) is 0 Å². The summed E-state index contributed by atoms with van der Waals surface area (Å²) in [6.07, 6.45) is 10.6. The molecule has 4 aliphatic carbocycles. The van der Waals surface area contributed by atoms with E-state index in [2.05, 4.69) is 27.7 Å². The topological polar surface area (TPSA) is 183 Å². The summed E-state index contributed by atoms with van der Waals surface area (Å²) < 4.78 is 24.2. The molecular weight excluding hydrogens is 638 g/mol. The van der Waals surface area contributed by atoms with Crippen molar-refractivity contribution in [2.45, 2.75) is 149 Å². The second kappa shape index (κ2) is 18.5. The zero-order valence-corrected chi connectivity index (χ0v) is 31.3. The Kier molecular flexibility index (Phi) is 15.0. The molecule has 0 saturated heterocycles. The number of esters is 4. The summed E-state index contributed by atoms with van der Waals surface area (Å²) in [5.74, 6) is -0.00890. The van der Waals surface area contributed by atoms with Gasteiger partial charge in [0.05, 0.1) is 25.9 Å². The van der Waals surface area contributed by atoms with Crippen LogP contribution in [-0.2, 0) is 38.1 Å². The van der Waals surface area contributed by atoms with Gasteiger partial charge in [0.2, 0.25) is 0 Å². The molecule has 0 bridgehead atoms. The van der Waals surface area contributed by atoms with Crippen LogP contribution in [0.5, 0.6) is 0 Å². The molecule has 0 spiro atoms. The number of nitrogens with two attached hydrogens (primary N) is 3. The maximum atomic E-state index is 13.2. The molecule has 0 aromatic rings. The highest BCUT2D eigenvalue weighted by molar-refractivity contribution is 5.71. The zero-order valence-electron chi connectivity index (χ0n) is 31.3. The largest absolute Gasteiger partial charge is 0.466 e. The third-order valence-corrected chi connectivity index (χ3v) is 13.4. The zero-order chi connectivity index (χ0) is 36.5. The van der Waals surface area contributed by atoms with Gasteiger partial charge in [0.1, 0.15) is 18.3 Å². The Morgan fingerprint density at radius 3 is 2.06 bits per heavy atom. The Labute approximate surface area is 300 Å². The van der Waals surface area contributed by atoms with Crippen molar-refractivity contribution in [3.8, 4) is 0 Å². The summed E-state index contributed by atoms with van der Waals surface area (Å²) in [5.41, 5.74) is 16.7. The van der Waals surface area contributed by atoms with E-state index in [0.717, 1.165) is 51.4 Å². The van der Waals surface area contributed by atoms with Crippen molar-refractivity contribution in [3.05, 3.63) is 0 Å². The van der Waals surface area contributed by atoms with E-state index in [4.69, 9.17) is 36.1 Å². The normalized spacial score (nSPS) is 35.2. The lowest BCUT2D eigenvalue weighted by atomic mass is 9.43. The van der Waals surface area contributed by atoms with Crippen molar-refractivity contribution in [1.29, 1.82) is 0 Å². The predicted octanol–water partition coefficient (Wildman–Crippen LogP) is 5.19. The number of ether oxygens (including phenoxy) is 4. The van der Waals surface area contributed by atoms with Gasteiger partial charge in [-0.2, -0.15) is 0 Å². The fourth-order valence-electron chi connectivity index (χ4n) is 10.8. The van der Waals surface area contributed by atoms with Crippen molar-refractivity contribution in [2.75, 3.05) is 26.2 Å². The highest BCUT2D eigenvalue weighted by Gasteiger charge is 2.67. The predicted molar refractivity (Wildman–Crippen MR) is 190 cm³/mol. The van der Waals surface area contributed by atoms with Gasteiger partial charge in [-0.25, -0.2) is 0 Å². The first-order chi connectivity index (χ1) is 23.9. The molecule has 4 saturated carbocycles. The molecule has 4 fully saturated rings. The van der Waals surface area contributed by atoms with Crippen LogP contribution in [0.15, 0.2) is 0 Å². The SMILES string of the molecule is CCCCCCOC(=O)CC[C@@H](C)[C@H]1CC[C@H]2[C@@H]3[C@H](OC(=O)CCN)C[C@@H]4CC(OC(=O)CCN)CC[C@]4(C)[C@H]3C[C@H](OC(=O)CCN)[C@]12C. The number of rotatable bonds is 18. The quantitative estimate of drug-likeness (QED) is 0.0970. The highest BCUT2D eigenvalue weighted by Crippen LogP contribution is 2.69. The van der Waals surface area contributed by atoms with Crippen LogP contribution in [0, 0.1) is 46.3 Å². The van der Waals surface area contributed by atoms with E-state index in [0.29, 0.717) is 38.7 Å². The van der Waals surface area contributed by atoms with Gasteiger partial charge in [0.25, 0.3) is 0 Å². The molecule has 1 unspecified atom stereocenters. The Hall–Kier alpha value is -2.24. The molecule has 0 radical (unpaired) electrons. The van der Waals surface area contributed by atoms with Gasteiger partial charge < -0.3 is 36.1 Å². The molecule has 6 N–H and O–H groups in total. The van der Waals surface area contributed by atoms with E-state index in [-0.39, 0.29) is 127 Å². The van der Waals surface area contributed by atoms with Crippen molar-refractivity contribution in [2.24, 2.45) is 63.5 Å². The van der Waals surface area contributed by atoms with Crippen LogP contribution < -0.4 is 17.2 Å². The van der Waals surface area contributed by atoms with Crippen LogP contribution >= 0.6 is 0 Å². The van der Waals surface area contributed by atoms with E-state index in [1.807, 2.05) is 0 Å². The number of carbonyl (C=O) groups excluding carboxylic acids is 4. The minimum Gasteiger partial charge on any atom is -0.466 e. The van der Waals surface area contributed by atoms with Gasteiger partial charge in [-0.05, 0) is 92.8 Å². The van der Waals surface area contributed by atoms with E-state index in [1.54, 1.807) is 0 Å². The average molecular weight is 706 g/mol. The molecule has 11 heteroatoms. The highest BCUT2D eigenvalue weighted by atomic mass is 16.6. The third-order valence-electron chi connectivity index (χ3n) is 13.4. The minimum absolute atomic E-state index is 0.0917. The molecule has 0 aromatic heterocycles. The molecule has 0 aliphatic heterocycles. The smallest absolute Gasteiger partial charge is 0.307 e. The van der Waals surface area contributed by atoms with Gasteiger partial charge >= 0.3 is 23.9 Å². The van der Waals surface area contributed by atoms with Gasteiger partial charge in [-0.3, -0.25) is 19.2 Å².